The molecule has 8 nitrogen and oxygen atoms in total. The molecule has 17 heavy (non-hydrogen) atoms. The molecule has 0 aliphatic rings. The minimum Gasteiger partial charge on any atom is -0.368 e. The predicted octanol–water partition coefficient (Wildman–Crippen LogP) is -0.895. The number of carbonyl (C=O) groups excluding carboxylic acids is 2. The molecular formula is C9H9N5O3. The largest absolute Gasteiger partial charge is 0.368 e. The standard InChI is InChI=1S/C9H9N5O3/c10-8(15)4-17-13-9(16)5-1-2-6-7(3-5)12-14-11-6/h1-3H,4H2,(H2,10,15)(H,13,16)(H,11,12,14). The van der Waals surface area contributed by atoms with Crippen molar-refractivity contribution in [3.63, 3.8) is 0 Å². The van der Waals surface area contributed by atoms with E-state index < -0.39 is 11.8 Å². The number of hydrogen-bond acceptors (Lipinski definition) is 5. The van der Waals surface area contributed by atoms with E-state index in [4.69, 9.17) is 5.73 Å². The zero-order chi connectivity index (χ0) is 12.3. The first-order chi connectivity index (χ1) is 8.16. The van der Waals surface area contributed by atoms with E-state index in [0.717, 1.165) is 0 Å². The van der Waals surface area contributed by atoms with E-state index in [9.17, 15) is 9.59 Å². The summed E-state index contributed by atoms with van der Waals surface area (Å²) in [4.78, 5) is 26.5. The lowest BCUT2D eigenvalue weighted by molar-refractivity contribution is -0.124. The molecule has 0 unspecified atom stereocenters. The Morgan fingerprint density at radius 1 is 1.35 bits per heavy atom. The third kappa shape index (κ3) is 2.55. The Kier molecular flexibility index (Phi) is 2.97. The zero-order valence-corrected chi connectivity index (χ0v) is 8.64. The molecule has 0 spiro atoms. The molecule has 0 fully saturated rings. The number of hydrogen-bond donors (Lipinski definition) is 3. The Labute approximate surface area is 95.1 Å². The van der Waals surface area contributed by atoms with Crippen LogP contribution < -0.4 is 11.2 Å². The Bertz CT molecular complexity index is 565. The monoisotopic (exact) mass is 235 g/mol. The summed E-state index contributed by atoms with van der Waals surface area (Å²) >= 11 is 0. The van der Waals surface area contributed by atoms with E-state index >= 15 is 0 Å². The summed E-state index contributed by atoms with van der Waals surface area (Å²) in [7, 11) is 0. The van der Waals surface area contributed by atoms with Crippen LogP contribution in [0.2, 0.25) is 0 Å². The van der Waals surface area contributed by atoms with Crippen LogP contribution in [0, 0.1) is 0 Å². The average Bonchev–Trinajstić information content (AvgIpc) is 2.75. The number of amides is 2. The van der Waals surface area contributed by atoms with Gasteiger partial charge in [-0.1, -0.05) is 0 Å². The lowest BCUT2D eigenvalue weighted by Gasteiger charge is -2.03. The fourth-order valence-corrected chi connectivity index (χ4v) is 1.21. The molecule has 1 aromatic heterocycles. The van der Waals surface area contributed by atoms with E-state index in [1.54, 1.807) is 18.2 Å². The van der Waals surface area contributed by atoms with Crippen LogP contribution in [-0.4, -0.2) is 33.8 Å². The maximum atomic E-state index is 11.5. The summed E-state index contributed by atoms with van der Waals surface area (Å²) in [6.07, 6.45) is 0. The van der Waals surface area contributed by atoms with Gasteiger partial charge in [-0.05, 0) is 18.2 Å². The maximum Gasteiger partial charge on any atom is 0.274 e. The van der Waals surface area contributed by atoms with Gasteiger partial charge in [-0.3, -0.25) is 14.4 Å². The number of primary amides is 1. The molecule has 0 saturated carbocycles. The Balaban J connectivity index is 2.05. The van der Waals surface area contributed by atoms with E-state index in [2.05, 4.69) is 25.7 Å². The van der Waals surface area contributed by atoms with Gasteiger partial charge in [0.2, 0.25) is 5.91 Å². The van der Waals surface area contributed by atoms with Crippen molar-refractivity contribution < 1.29 is 14.4 Å². The first kappa shape index (κ1) is 11.0. The van der Waals surface area contributed by atoms with Crippen LogP contribution in [0.4, 0.5) is 0 Å². The zero-order valence-electron chi connectivity index (χ0n) is 8.64. The highest BCUT2D eigenvalue weighted by molar-refractivity contribution is 5.96. The van der Waals surface area contributed by atoms with Crippen molar-refractivity contribution >= 4 is 22.8 Å². The van der Waals surface area contributed by atoms with Crippen molar-refractivity contribution in [3.05, 3.63) is 23.8 Å². The number of rotatable bonds is 4. The summed E-state index contributed by atoms with van der Waals surface area (Å²) in [6.45, 7) is -0.377. The number of H-pyrrole nitrogens is 1. The van der Waals surface area contributed by atoms with Crippen molar-refractivity contribution in [2.75, 3.05) is 6.61 Å². The molecule has 0 bridgehead atoms. The molecule has 8 heteroatoms. The fraction of sp³-hybridized carbons (Fsp3) is 0.111. The third-order valence-electron chi connectivity index (χ3n) is 1.96. The third-order valence-corrected chi connectivity index (χ3v) is 1.96. The van der Waals surface area contributed by atoms with Gasteiger partial charge in [0.05, 0.1) is 0 Å². The van der Waals surface area contributed by atoms with Crippen LogP contribution in [-0.2, 0) is 9.63 Å². The van der Waals surface area contributed by atoms with Crippen molar-refractivity contribution in [2.24, 2.45) is 5.73 Å². The highest BCUT2D eigenvalue weighted by Crippen LogP contribution is 2.10. The molecule has 0 aliphatic carbocycles. The van der Waals surface area contributed by atoms with Crippen LogP contribution >= 0.6 is 0 Å². The van der Waals surface area contributed by atoms with E-state index in [-0.39, 0.29) is 6.61 Å². The summed E-state index contributed by atoms with van der Waals surface area (Å²) in [5.41, 5.74) is 8.49. The summed E-state index contributed by atoms with van der Waals surface area (Å²) in [6, 6.07) is 4.75. The average molecular weight is 235 g/mol. The lowest BCUT2D eigenvalue weighted by Crippen LogP contribution is -2.29. The number of nitrogens with two attached hydrogens (primary N) is 1. The first-order valence-electron chi connectivity index (χ1n) is 4.68. The Morgan fingerprint density at radius 3 is 2.88 bits per heavy atom. The highest BCUT2D eigenvalue weighted by Gasteiger charge is 2.08. The SMILES string of the molecule is NC(=O)CONC(=O)c1ccc2n[nH]nc2c1. The molecule has 0 aliphatic heterocycles. The van der Waals surface area contributed by atoms with Crippen LogP contribution in [0.1, 0.15) is 10.4 Å². The van der Waals surface area contributed by atoms with Crippen molar-refractivity contribution in [2.45, 2.75) is 0 Å². The Hall–Kier alpha value is -2.48. The number of hydroxylamine groups is 1. The van der Waals surface area contributed by atoms with E-state index in [1.165, 1.54) is 0 Å². The second-order valence-electron chi connectivity index (χ2n) is 3.21. The maximum absolute atomic E-state index is 11.5. The minimum atomic E-state index is -0.669. The molecule has 0 radical (unpaired) electrons. The molecule has 1 aromatic carbocycles. The van der Waals surface area contributed by atoms with Crippen molar-refractivity contribution in [1.82, 2.24) is 20.9 Å². The second-order valence-corrected chi connectivity index (χ2v) is 3.21. The smallest absolute Gasteiger partial charge is 0.274 e. The van der Waals surface area contributed by atoms with Crippen LogP contribution in [0.3, 0.4) is 0 Å². The highest BCUT2D eigenvalue weighted by atomic mass is 16.7. The summed E-state index contributed by atoms with van der Waals surface area (Å²) < 4.78 is 0. The van der Waals surface area contributed by atoms with Gasteiger partial charge in [0.15, 0.2) is 6.61 Å². The molecule has 0 atom stereocenters. The molecule has 2 aromatic rings. The lowest BCUT2D eigenvalue weighted by atomic mass is 10.2. The number of carbonyl (C=O) groups is 2. The number of aromatic nitrogens is 3. The van der Waals surface area contributed by atoms with Crippen LogP contribution in [0.25, 0.3) is 11.0 Å². The van der Waals surface area contributed by atoms with Gasteiger partial charge in [0.1, 0.15) is 11.0 Å². The van der Waals surface area contributed by atoms with Gasteiger partial charge in [-0.15, -0.1) is 0 Å². The molecule has 1 heterocycles. The van der Waals surface area contributed by atoms with Gasteiger partial charge in [0, 0.05) is 5.56 Å². The predicted molar refractivity (Wildman–Crippen MR) is 56.5 cm³/mol. The van der Waals surface area contributed by atoms with Gasteiger partial charge < -0.3 is 5.73 Å². The quantitative estimate of drug-likeness (QED) is 0.593. The summed E-state index contributed by atoms with van der Waals surface area (Å²) in [5, 5.41) is 10.1. The van der Waals surface area contributed by atoms with E-state index in [0.29, 0.717) is 16.6 Å². The number of nitrogens with zero attached hydrogens (tertiary/aromatic N) is 2. The number of fused-ring (bicyclic) bond motifs is 1. The normalized spacial score (nSPS) is 10.4. The van der Waals surface area contributed by atoms with Crippen LogP contribution in [0.15, 0.2) is 18.2 Å². The molecule has 2 rings (SSSR count). The van der Waals surface area contributed by atoms with Crippen LogP contribution in [0.5, 0.6) is 0 Å². The van der Waals surface area contributed by atoms with Gasteiger partial charge >= 0.3 is 0 Å². The number of nitrogens with one attached hydrogen (secondary N) is 2. The fourth-order valence-electron chi connectivity index (χ4n) is 1.21. The molecule has 0 saturated heterocycles. The number of aromatic amines is 1. The van der Waals surface area contributed by atoms with Crippen molar-refractivity contribution in [3.8, 4) is 0 Å². The number of benzene rings is 1. The summed E-state index contributed by atoms with van der Waals surface area (Å²) in [5.74, 6) is -1.16. The van der Waals surface area contributed by atoms with E-state index in [1.807, 2.05) is 0 Å². The van der Waals surface area contributed by atoms with Crippen molar-refractivity contribution in [1.29, 1.82) is 0 Å². The molecule has 4 N–H and O–H groups in total. The Morgan fingerprint density at radius 2 is 2.12 bits per heavy atom. The topological polar surface area (TPSA) is 123 Å². The van der Waals surface area contributed by atoms with Gasteiger partial charge in [-0.25, -0.2) is 5.48 Å². The van der Waals surface area contributed by atoms with Gasteiger partial charge in [0.25, 0.3) is 5.91 Å². The second kappa shape index (κ2) is 4.58. The molecule has 2 amide bonds. The first-order valence-corrected chi connectivity index (χ1v) is 4.68. The molecular weight excluding hydrogens is 226 g/mol. The molecule has 88 valence electrons. The minimum absolute atomic E-state index is 0.343. The van der Waals surface area contributed by atoms with Gasteiger partial charge in [-0.2, -0.15) is 15.4 Å².